The summed E-state index contributed by atoms with van der Waals surface area (Å²) < 4.78 is 52.5. The number of carbonyl (C=O) groups is 1. The maximum absolute atomic E-state index is 14.5. The van der Waals surface area contributed by atoms with Crippen molar-refractivity contribution >= 4 is 38.4 Å². The fraction of sp³-hybridized carbons (Fsp3) is 0.286. The second-order valence-electron chi connectivity index (χ2n) is 7.89. The summed E-state index contributed by atoms with van der Waals surface area (Å²) in [6.07, 6.45) is 0.311. The Morgan fingerprint density at radius 3 is 2.69 bits per heavy atom. The zero-order chi connectivity index (χ0) is 23.1. The summed E-state index contributed by atoms with van der Waals surface area (Å²) in [5, 5.41) is 3.03. The first-order chi connectivity index (χ1) is 15.1. The number of halogens is 2. The zero-order valence-corrected chi connectivity index (χ0v) is 18.6. The van der Waals surface area contributed by atoms with Crippen LogP contribution in [0.3, 0.4) is 0 Å². The molecule has 0 bridgehead atoms. The highest BCUT2D eigenvalue weighted by Crippen LogP contribution is 2.25. The molecular weight excluding hydrogens is 460 g/mol. The third-order valence-corrected chi connectivity index (χ3v) is 8.01. The van der Waals surface area contributed by atoms with E-state index in [0.717, 1.165) is 28.5 Å². The van der Waals surface area contributed by atoms with Gasteiger partial charge in [0.15, 0.2) is 15.0 Å². The number of fused-ring (bicyclic) bond motifs is 1. The van der Waals surface area contributed by atoms with Crippen molar-refractivity contribution in [3.63, 3.8) is 0 Å². The molecule has 2 aromatic carbocycles. The van der Waals surface area contributed by atoms with Crippen LogP contribution in [0.4, 0.5) is 8.78 Å². The predicted molar refractivity (Wildman–Crippen MR) is 118 cm³/mol. The monoisotopic (exact) mass is 479 g/mol. The Morgan fingerprint density at radius 2 is 2.00 bits per heavy atom. The van der Waals surface area contributed by atoms with Crippen molar-refractivity contribution in [1.82, 2.24) is 14.9 Å². The van der Waals surface area contributed by atoms with Gasteiger partial charge in [0.2, 0.25) is 5.91 Å². The number of hydrogen-bond donors (Lipinski definition) is 1. The number of benzene rings is 2. The Hall–Kier alpha value is -2.79. The van der Waals surface area contributed by atoms with Crippen molar-refractivity contribution in [3.8, 4) is 5.69 Å². The Balaban J connectivity index is 1.67. The molecule has 7 nitrogen and oxygen atoms in total. The molecule has 11 heteroatoms. The molecule has 0 aliphatic carbocycles. The maximum atomic E-state index is 14.5. The molecule has 1 atom stereocenters. The molecule has 1 N–H and O–H groups in total. The van der Waals surface area contributed by atoms with E-state index in [1.165, 1.54) is 0 Å². The molecule has 1 aliphatic rings. The lowest BCUT2D eigenvalue weighted by Gasteiger charge is -2.23. The molecule has 0 radical (unpaired) electrons. The minimum Gasteiger partial charge on any atom is -0.349 e. The topological polar surface area (TPSA) is 98.1 Å². The molecular formula is C21H19F2N3O4S2. The number of para-hydroxylation sites is 1. The lowest BCUT2D eigenvalue weighted by Crippen LogP contribution is -2.47. The maximum Gasteiger partial charge on any atom is 0.266 e. The fourth-order valence-corrected chi connectivity index (χ4v) is 6.59. The minimum atomic E-state index is -3.20. The van der Waals surface area contributed by atoms with Gasteiger partial charge in [0.1, 0.15) is 11.6 Å². The lowest BCUT2D eigenvalue weighted by molar-refractivity contribution is -0.120. The highest BCUT2D eigenvalue weighted by Gasteiger charge is 2.39. The van der Waals surface area contributed by atoms with E-state index in [1.54, 1.807) is 31.2 Å². The van der Waals surface area contributed by atoms with Crippen LogP contribution in [0, 0.1) is 11.6 Å². The molecule has 32 heavy (non-hydrogen) atoms. The van der Waals surface area contributed by atoms with Crippen LogP contribution in [0.15, 0.2) is 52.4 Å². The molecule has 1 aromatic heterocycles. The molecule has 3 aromatic rings. The number of thioether (sulfide) groups is 1. The third-order valence-electron chi connectivity index (χ3n) is 5.17. The van der Waals surface area contributed by atoms with Crippen LogP contribution in [-0.2, 0) is 14.6 Å². The van der Waals surface area contributed by atoms with E-state index < -0.39 is 38.5 Å². The summed E-state index contributed by atoms with van der Waals surface area (Å²) >= 11 is 0.904. The summed E-state index contributed by atoms with van der Waals surface area (Å²) in [7, 11) is -3.20. The summed E-state index contributed by atoms with van der Waals surface area (Å²) in [6.45, 7) is 1.66. The van der Waals surface area contributed by atoms with E-state index in [0.29, 0.717) is 18.0 Å². The molecule has 0 saturated carbocycles. The van der Waals surface area contributed by atoms with Crippen molar-refractivity contribution in [2.75, 3.05) is 17.3 Å². The first-order valence-corrected chi connectivity index (χ1v) is 12.5. The van der Waals surface area contributed by atoms with E-state index in [4.69, 9.17) is 0 Å². The van der Waals surface area contributed by atoms with Crippen LogP contribution < -0.4 is 10.9 Å². The summed E-state index contributed by atoms with van der Waals surface area (Å²) in [5.41, 5.74) is -1.24. The molecule has 4 rings (SSSR count). The summed E-state index contributed by atoms with van der Waals surface area (Å²) in [6, 6.07) is 9.34. The smallest absolute Gasteiger partial charge is 0.266 e. The Kier molecular flexibility index (Phi) is 5.80. The quantitative estimate of drug-likeness (QED) is 0.446. The molecule has 1 saturated heterocycles. The van der Waals surface area contributed by atoms with Gasteiger partial charge in [-0.25, -0.2) is 22.2 Å². The van der Waals surface area contributed by atoms with Crippen LogP contribution in [-0.4, -0.2) is 46.7 Å². The molecule has 168 valence electrons. The molecule has 1 fully saturated rings. The van der Waals surface area contributed by atoms with Crippen LogP contribution in [0.25, 0.3) is 16.6 Å². The predicted octanol–water partition coefficient (Wildman–Crippen LogP) is 2.45. The van der Waals surface area contributed by atoms with Crippen molar-refractivity contribution in [2.24, 2.45) is 0 Å². The summed E-state index contributed by atoms with van der Waals surface area (Å²) in [4.78, 5) is 30.1. The Morgan fingerprint density at radius 1 is 1.25 bits per heavy atom. The first kappa shape index (κ1) is 22.4. The van der Waals surface area contributed by atoms with E-state index in [2.05, 4.69) is 10.3 Å². The number of rotatable bonds is 5. The fourth-order valence-electron chi connectivity index (χ4n) is 3.70. The number of hydrogen-bond acceptors (Lipinski definition) is 6. The van der Waals surface area contributed by atoms with Crippen LogP contribution in [0.5, 0.6) is 0 Å². The van der Waals surface area contributed by atoms with E-state index in [-0.39, 0.29) is 33.5 Å². The van der Waals surface area contributed by atoms with Gasteiger partial charge in [0.25, 0.3) is 5.56 Å². The zero-order valence-electron chi connectivity index (χ0n) is 17.0. The van der Waals surface area contributed by atoms with Crippen molar-refractivity contribution in [1.29, 1.82) is 0 Å². The SMILES string of the molecule is CC1(NC(=O)CSc2nc3ccccc3c(=O)n2-c2ccc(F)cc2F)CCS(=O)(=O)C1. The first-order valence-electron chi connectivity index (χ1n) is 9.68. The van der Waals surface area contributed by atoms with Gasteiger partial charge in [-0.05, 0) is 37.6 Å². The van der Waals surface area contributed by atoms with Crippen LogP contribution >= 0.6 is 11.8 Å². The number of nitrogens with one attached hydrogen (secondary N) is 1. The van der Waals surface area contributed by atoms with Gasteiger partial charge in [-0.15, -0.1) is 0 Å². The highest BCUT2D eigenvalue weighted by atomic mass is 32.2. The average Bonchev–Trinajstić information content (AvgIpc) is 3.00. The lowest BCUT2D eigenvalue weighted by atomic mass is 10.0. The van der Waals surface area contributed by atoms with Gasteiger partial charge in [0, 0.05) is 6.07 Å². The number of carbonyl (C=O) groups excluding carboxylic acids is 1. The largest absolute Gasteiger partial charge is 0.349 e. The normalized spacial score (nSPS) is 19.8. The number of nitrogens with zero attached hydrogens (tertiary/aromatic N) is 2. The van der Waals surface area contributed by atoms with Crippen LogP contribution in [0.2, 0.25) is 0 Å². The van der Waals surface area contributed by atoms with Gasteiger partial charge in [-0.3, -0.25) is 14.2 Å². The van der Waals surface area contributed by atoms with Crippen molar-refractivity contribution in [3.05, 3.63) is 64.5 Å². The van der Waals surface area contributed by atoms with Crippen molar-refractivity contribution < 1.29 is 22.0 Å². The van der Waals surface area contributed by atoms with E-state index in [1.807, 2.05) is 0 Å². The minimum absolute atomic E-state index is 0.00649. The second-order valence-corrected chi connectivity index (χ2v) is 11.0. The van der Waals surface area contributed by atoms with E-state index >= 15 is 0 Å². The number of sulfone groups is 1. The van der Waals surface area contributed by atoms with Gasteiger partial charge in [-0.2, -0.15) is 0 Å². The Labute approximate surface area is 186 Å². The highest BCUT2D eigenvalue weighted by molar-refractivity contribution is 7.99. The van der Waals surface area contributed by atoms with Gasteiger partial charge < -0.3 is 5.32 Å². The molecule has 2 heterocycles. The second kappa shape index (κ2) is 8.28. The standard InChI is InChI=1S/C21H19F2N3O4S2/c1-21(8-9-32(29,30)12-21)25-18(27)11-31-20-24-16-5-3-2-4-14(16)19(28)26(20)17-7-6-13(22)10-15(17)23/h2-7,10H,8-9,11-12H2,1H3,(H,25,27). The molecule has 1 amide bonds. The Bertz CT molecular complexity index is 1390. The number of aromatic nitrogens is 2. The van der Waals surface area contributed by atoms with E-state index in [9.17, 15) is 26.8 Å². The van der Waals surface area contributed by atoms with Gasteiger partial charge in [0.05, 0.1) is 39.4 Å². The van der Waals surface area contributed by atoms with Gasteiger partial charge >= 0.3 is 0 Å². The molecule has 0 spiro atoms. The van der Waals surface area contributed by atoms with Gasteiger partial charge in [-0.1, -0.05) is 23.9 Å². The van der Waals surface area contributed by atoms with Crippen LogP contribution in [0.1, 0.15) is 13.3 Å². The summed E-state index contributed by atoms with van der Waals surface area (Å²) in [5.74, 6) is -2.49. The molecule has 1 unspecified atom stereocenters. The average molecular weight is 480 g/mol. The van der Waals surface area contributed by atoms with Crippen molar-refractivity contribution in [2.45, 2.75) is 24.0 Å². The third kappa shape index (κ3) is 4.53. The number of amides is 1. The molecule has 1 aliphatic heterocycles.